The molecule has 0 saturated carbocycles. The maximum atomic E-state index is 11.7. The predicted molar refractivity (Wildman–Crippen MR) is 80.6 cm³/mol. The van der Waals surface area contributed by atoms with Crippen molar-refractivity contribution in [3.8, 4) is 5.75 Å². The lowest BCUT2D eigenvalue weighted by Gasteiger charge is -2.16. The Morgan fingerprint density at radius 1 is 1.35 bits per heavy atom. The van der Waals surface area contributed by atoms with Crippen LogP contribution in [0, 0.1) is 0 Å². The van der Waals surface area contributed by atoms with Crippen LogP contribution in [0.25, 0.3) is 0 Å². The van der Waals surface area contributed by atoms with Crippen LogP contribution in [-0.4, -0.2) is 44.1 Å². The van der Waals surface area contributed by atoms with Gasteiger partial charge in [-0.1, -0.05) is 12.1 Å². The zero-order valence-corrected chi connectivity index (χ0v) is 12.6. The molecule has 0 saturated heterocycles. The average Bonchev–Trinajstić information content (AvgIpc) is 2.43. The van der Waals surface area contributed by atoms with Crippen molar-refractivity contribution in [1.29, 1.82) is 0 Å². The van der Waals surface area contributed by atoms with E-state index < -0.39 is 0 Å². The van der Waals surface area contributed by atoms with Crippen LogP contribution in [0.2, 0.25) is 0 Å². The Labute approximate surface area is 121 Å². The molecule has 0 bridgehead atoms. The summed E-state index contributed by atoms with van der Waals surface area (Å²) in [5.74, 6) is 0.581. The molecule has 0 fully saturated rings. The number of nitrogens with two attached hydrogens (primary N) is 1. The highest BCUT2D eigenvalue weighted by Gasteiger charge is 2.08. The Kier molecular flexibility index (Phi) is 7.04. The maximum absolute atomic E-state index is 11.7. The summed E-state index contributed by atoms with van der Waals surface area (Å²) in [5.41, 5.74) is 6.56. The summed E-state index contributed by atoms with van der Waals surface area (Å²) in [6, 6.07) is 7.59. The number of nitrogens with one attached hydrogen (secondary N) is 1. The van der Waals surface area contributed by atoms with Gasteiger partial charge in [-0.15, -0.1) is 0 Å². The minimum atomic E-state index is -0.0980. The van der Waals surface area contributed by atoms with Gasteiger partial charge in [-0.25, -0.2) is 0 Å². The molecule has 0 aliphatic rings. The third kappa shape index (κ3) is 6.54. The summed E-state index contributed by atoms with van der Waals surface area (Å²) in [7, 11) is 4.03. The predicted octanol–water partition coefficient (Wildman–Crippen LogP) is 0.981. The Bertz CT molecular complexity index is 404. The van der Waals surface area contributed by atoms with E-state index in [1.165, 1.54) is 0 Å². The standard InChI is InChI=1S/C15H25N3O2/c1-12(8-9-18(2)3)17-15(19)11-20-14-6-4-13(10-16)5-7-14/h4-7,12H,8-11,16H2,1-3H3,(H,17,19). The molecule has 1 amide bonds. The van der Waals surface area contributed by atoms with Crippen molar-refractivity contribution >= 4 is 5.91 Å². The van der Waals surface area contributed by atoms with Crippen LogP contribution < -0.4 is 15.8 Å². The molecule has 5 nitrogen and oxygen atoms in total. The second kappa shape index (κ2) is 8.55. The van der Waals surface area contributed by atoms with Gasteiger partial charge in [0.15, 0.2) is 6.61 Å². The van der Waals surface area contributed by atoms with Gasteiger partial charge < -0.3 is 20.7 Å². The molecule has 112 valence electrons. The lowest BCUT2D eigenvalue weighted by molar-refractivity contribution is -0.123. The maximum Gasteiger partial charge on any atom is 0.258 e. The van der Waals surface area contributed by atoms with Crippen LogP contribution in [0.5, 0.6) is 5.75 Å². The fourth-order valence-electron chi connectivity index (χ4n) is 1.71. The van der Waals surface area contributed by atoms with Gasteiger partial charge in [0.05, 0.1) is 0 Å². The first-order valence-electron chi connectivity index (χ1n) is 6.87. The van der Waals surface area contributed by atoms with E-state index in [9.17, 15) is 4.79 Å². The van der Waals surface area contributed by atoms with Crippen LogP contribution >= 0.6 is 0 Å². The number of hydrogen-bond donors (Lipinski definition) is 2. The number of rotatable bonds is 8. The van der Waals surface area contributed by atoms with Crippen LogP contribution in [0.3, 0.4) is 0 Å². The van der Waals surface area contributed by atoms with E-state index in [1.54, 1.807) is 0 Å². The van der Waals surface area contributed by atoms with Crippen molar-refractivity contribution in [3.05, 3.63) is 29.8 Å². The van der Waals surface area contributed by atoms with Crippen molar-refractivity contribution < 1.29 is 9.53 Å². The zero-order valence-electron chi connectivity index (χ0n) is 12.6. The molecule has 20 heavy (non-hydrogen) atoms. The number of benzene rings is 1. The van der Waals surface area contributed by atoms with Gasteiger partial charge in [0.2, 0.25) is 0 Å². The van der Waals surface area contributed by atoms with Gasteiger partial charge in [0, 0.05) is 12.6 Å². The highest BCUT2D eigenvalue weighted by Crippen LogP contribution is 2.11. The van der Waals surface area contributed by atoms with Crippen molar-refractivity contribution in [2.24, 2.45) is 5.73 Å². The molecule has 0 aliphatic carbocycles. The van der Waals surface area contributed by atoms with Gasteiger partial charge in [-0.2, -0.15) is 0 Å². The van der Waals surface area contributed by atoms with Crippen LogP contribution in [0.4, 0.5) is 0 Å². The lowest BCUT2D eigenvalue weighted by Crippen LogP contribution is -2.37. The zero-order chi connectivity index (χ0) is 15.0. The first-order valence-corrected chi connectivity index (χ1v) is 6.87. The first-order chi connectivity index (χ1) is 9.51. The minimum Gasteiger partial charge on any atom is -0.484 e. The molecular formula is C15H25N3O2. The largest absolute Gasteiger partial charge is 0.484 e. The topological polar surface area (TPSA) is 67.6 Å². The molecule has 1 aromatic rings. The van der Waals surface area contributed by atoms with Crippen molar-refractivity contribution in [2.45, 2.75) is 25.9 Å². The highest BCUT2D eigenvalue weighted by atomic mass is 16.5. The lowest BCUT2D eigenvalue weighted by atomic mass is 10.2. The van der Waals surface area contributed by atoms with Crippen molar-refractivity contribution in [1.82, 2.24) is 10.2 Å². The van der Waals surface area contributed by atoms with Crippen molar-refractivity contribution in [3.63, 3.8) is 0 Å². The molecule has 0 aliphatic heterocycles. The number of carbonyl (C=O) groups is 1. The normalized spacial score (nSPS) is 12.2. The molecule has 0 radical (unpaired) electrons. The van der Waals surface area contributed by atoms with Crippen LogP contribution in [0.15, 0.2) is 24.3 Å². The van der Waals surface area contributed by atoms with Gasteiger partial charge in [0.25, 0.3) is 5.91 Å². The summed E-state index contributed by atoms with van der Waals surface area (Å²) in [6.07, 6.45) is 0.921. The van der Waals surface area contributed by atoms with E-state index in [0.29, 0.717) is 12.3 Å². The summed E-state index contributed by atoms with van der Waals surface area (Å²) in [5, 5.41) is 2.92. The Morgan fingerprint density at radius 2 is 2.00 bits per heavy atom. The molecule has 1 unspecified atom stereocenters. The molecule has 3 N–H and O–H groups in total. The van der Waals surface area contributed by atoms with Gasteiger partial charge >= 0.3 is 0 Å². The van der Waals surface area contributed by atoms with Gasteiger partial charge in [-0.3, -0.25) is 4.79 Å². The van der Waals surface area contributed by atoms with Gasteiger partial charge in [-0.05, 0) is 51.7 Å². The average molecular weight is 279 g/mol. The minimum absolute atomic E-state index is 0.0360. The third-order valence-electron chi connectivity index (χ3n) is 2.95. The quantitative estimate of drug-likeness (QED) is 0.744. The summed E-state index contributed by atoms with van der Waals surface area (Å²) < 4.78 is 5.43. The van der Waals surface area contributed by atoms with Crippen molar-refractivity contribution in [2.75, 3.05) is 27.2 Å². The van der Waals surface area contributed by atoms with Crippen LogP contribution in [0.1, 0.15) is 18.9 Å². The number of ether oxygens (including phenoxy) is 1. The summed E-state index contributed by atoms with van der Waals surface area (Å²) in [4.78, 5) is 13.8. The Balaban J connectivity index is 2.28. The fourth-order valence-corrected chi connectivity index (χ4v) is 1.71. The number of hydrogen-bond acceptors (Lipinski definition) is 4. The van der Waals surface area contributed by atoms with E-state index in [2.05, 4.69) is 10.2 Å². The van der Waals surface area contributed by atoms with E-state index >= 15 is 0 Å². The molecule has 1 rings (SSSR count). The molecule has 5 heteroatoms. The Hall–Kier alpha value is -1.59. The van der Waals surface area contributed by atoms with E-state index in [-0.39, 0.29) is 18.6 Å². The molecule has 1 aromatic carbocycles. The first kappa shape index (κ1) is 16.5. The second-order valence-corrected chi connectivity index (χ2v) is 5.20. The smallest absolute Gasteiger partial charge is 0.258 e. The molecule has 0 spiro atoms. The summed E-state index contributed by atoms with van der Waals surface area (Å²) >= 11 is 0. The fraction of sp³-hybridized carbons (Fsp3) is 0.533. The number of carbonyl (C=O) groups excluding carboxylic acids is 1. The monoisotopic (exact) mass is 279 g/mol. The van der Waals surface area contributed by atoms with E-state index in [1.807, 2.05) is 45.3 Å². The van der Waals surface area contributed by atoms with Gasteiger partial charge in [0.1, 0.15) is 5.75 Å². The highest BCUT2D eigenvalue weighted by molar-refractivity contribution is 5.77. The molecule has 0 heterocycles. The SMILES string of the molecule is CC(CCN(C)C)NC(=O)COc1ccc(CN)cc1. The number of amides is 1. The second-order valence-electron chi connectivity index (χ2n) is 5.20. The molecule has 1 atom stereocenters. The molecular weight excluding hydrogens is 254 g/mol. The van der Waals surface area contributed by atoms with E-state index in [0.717, 1.165) is 18.5 Å². The number of nitrogens with zero attached hydrogens (tertiary/aromatic N) is 1. The third-order valence-corrected chi connectivity index (χ3v) is 2.95. The van der Waals surface area contributed by atoms with E-state index in [4.69, 9.17) is 10.5 Å². The van der Waals surface area contributed by atoms with Crippen LogP contribution in [-0.2, 0) is 11.3 Å². The Morgan fingerprint density at radius 3 is 2.55 bits per heavy atom. The molecule has 0 aromatic heterocycles. The summed E-state index contributed by atoms with van der Waals surface area (Å²) in [6.45, 7) is 3.48.